The lowest BCUT2D eigenvalue weighted by atomic mass is 9.76. The minimum atomic E-state index is 0.388. The Balaban J connectivity index is 1.91. The Labute approximate surface area is 87.4 Å². The molecule has 2 nitrogen and oxygen atoms in total. The standard InChI is InChI=1S/C12H24N2/c13-11-8-4-3-7-10(11)12(14)9-5-1-2-6-9/h9-12H,1-8,13-14H2. The van der Waals surface area contributed by atoms with Crippen LogP contribution in [0.15, 0.2) is 0 Å². The third-order valence-electron chi connectivity index (χ3n) is 4.31. The Kier molecular flexibility index (Phi) is 3.45. The Morgan fingerprint density at radius 2 is 1.43 bits per heavy atom. The van der Waals surface area contributed by atoms with Gasteiger partial charge in [0.2, 0.25) is 0 Å². The third-order valence-corrected chi connectivity index (χ3v) is 4.31. The fourth-order valence-electron chi connectivity index (χ4n) is 3.36. The second-order valence-electron chi connectivity index (χ2n) is 5.23. The highest BCUT2D eigenvalue weighted by molar-refractivity contribution is 4.90. The van der Waals surface area contributed by atoms with E-state index in [1.165, 1.54) is 51.4 Å². The molecule has 14 heavy (non-hydrogen) atoms. The summed E-state index contributed by atoms with van der Waals surface area (Å²) in [7, 11) is 0. The van der Waals surface area contributed by atoms with Crippen molar-refractivity contribution in [1.82, 2.24) is 0 Å². The molecule has 3 unspecified atom stereocenters. The minimum absolute atomic E-state index is 0.388. The molecular formula is C12H24N2. The van der Waals surface area contributed by atoms with Crippen molar-refractivity contribution in [2.24, 2.45) is 23.3 Å². The van der Waals surface area contributed by atoms with Crippen LogP contribution < -0.4 is 11.5 Å². The second kappa shape index (κ2) is 4.63. The van der Waals surface area contributed by atoms with Crippen molar-refractivity contribution in [2.75, 3.05) is 0 Å². The van der Waals surface area contributed by atoms with Crippen LogP contribution in [0.2, 0.25) is 0 Å². The van der Waals surface area contributed by atoms with Gasteiger partial charge in [-0.05, 0) is 37.5 Å². The van der Waals surface area contributed by atoms with Gasteiger partial charge in [0.15, 0.2) is 0 Å². The van der Waals surface area contributed by atoms with Crippen molar-refractivity contribution in [2.45, 2.75) is 63.5 Å². The Bertz CT molecular complexity index is 175. The predicted octanol–water partition coefficient (Wildman–Crippen LogP) is 2.02. The van der Waals surface area contributed by atoms with E-state index in [2.05, 4.69) is 0 Å². The molecule has 2 fully saturated rings. The maximum absolute atomic E-state index is 6.36. The monoisotopic (exact) mass is 196 g/mol. The molecule has 2 saturated carbocycles. The lowest BCUT2D eigenvalue weighted by Crippen LogP contribution is -2.47. The van der Waals surface area contributed by atoms with Gasteiger partial charge in [0.1, 0.15) is 0 Å². The molecule has 2 heteroatoms. The summed E-state index contributed by atoms with van der Waals surface area (Å²) in [6.07, 6.45) is 10.6. The molecule has 82 valence electrons. The SMILES string of the molecule is NC1CCCCC1C(N)C1CCCC1. The molecule has 2 aliphatic carbocycles. The van der Waals surface area contributed by atoms with E-state index in [-0.39, 0.29) is 0 Å². The van der Waals surface area contributed by atoms with E-state index in [0.29, 0.717) is 18.0 Å². The van der Waals surface area contributed by atoms with Gasteiger partial charge in [-0.3, -0.25) is 0 Å². The van der Waals surface area contributed by atoms with Crippen LogP contribution >= 0.6 is 0 Å². The van der Waals surface area contributed by atoms with Gasteiger partial charge in [-0.1, -0.05) is 25.7 Å². The molecule has 4 N–H and O–H groups in total. The summed E-state index contributed by atoms with van der Waals surface area (Å²) in [6.45, 7) is 0. The van der Waals surface area contributed by atoms with Gasteiger partial charge in [0, 0.05) is 12.1 Å². The third kappa shape index (κ3) is 2.12. The van der Waals surface area contributed by atoms with Gasteiger partial charge in [0.25, 0.3) is 0 Å². The van der Waals surface area contributed by atoms with E-state index in [4.69, 9.17) is 11.5 Å². The Morgan fingerprint density at radius 1 is 0.857 bits per heavy atom. The Hall–Kier alpha value is -0.0800. The van der Waals surface area contributed by atoms with Crippen LogP contribution in [0, 0.1) is 11.8 Å². The van der Waals surface area contributed by atoms with Gasteiger partial charge in [-0.25, -0.2) is 0 Å². The average molecular weight is 196 g/mol. The molecule has 0 spiro atoms. The highest BCUT2D eigenvalue weighted by Crippen LogP contribution is 2.34. The highest BCUT2D eigenvalue weighted by atomic mass is 14.8. The number of hydrogen-bond acceptors (Lipinski definition) is 2. The van der Waals surface area contributed by atoms with Crippen LogP contribution in [0.3, 0.4) is 0 Å². The molecule has 0 aromatic rings. The van der Waals surface area contributed by atoms with Crippen molar-refractivity contribution in [1.29, 1.82) is 0 Å². The van der Waals surface area contributed by atoms with Crippen molar-refractivity contribution in [3.05, 3.63) is 0 Å². The first kappa shape index (κ1) is 10.4. The maximum atomic E-state index is 6.36. The van der Waals surface area contributed by atoms with E-state index in [0.717, 1.165) is 5.92 Å². The highest BCUT2D eigenvalue weighted by Gasteiger charge is 2.33. The fraction of sp³-hybridized carbons (Fsp3) is 1.00. The van der Waals surface area contributed by atoms with Crippen molar-refractivity contribution in [3.8, 4) is 0 Å². The van der Waals surface area contributed by atoms with Crippen LogP contribution in [-0.4, -0.2) is 12.1 Å². The molecule has 0 heterocycles. The summed E-state index contributed by atoms with van der Waals surface area (Å²) >= 11 is 0. The molecule has 0 radical (unpaired) electrons. The van der Waals surface area contributed by atoms with Crippen LogP contribution in [0.5, 0.6) is 0 Å². The quantitative estimate of drug-likeness (QED) is 0.710. The lowest BCUT2D eigenvalue weighted by molar-refractivity contribution is 0.216. The largest absolute Gasteiger partial charge is 0.327 e. The van der Waals surface area contributed by atoms with Gasteiger partial charge in [-0.15, -0.1) is 0 Å². The van der Waals surface area contributed by atoms with E-state index in [1.54, 1.807) is 0 Å². The minimum Gasteiger partial charge on any atom is -0.327 e. The summed E-state index contributed by atoms with van der Waals surface area (Å²) in [5, 5.41) is 0. The number of hydrogen-bond donors (Lipinski definition) is 2. The predicted molar refractivity (Wildman–Crippen MR) is 59.9 cm³/mol. The summed E-state index contributed by atoms with van der Waals surface area (Å²) in [4.78, 5) is 0. The molecule has 0 aliphatic heterocycles. The van der Waals surface area contributed by atoms with Gasteiger partial charge in [-0.2, -0.15) is 0 Å². The molecular weight excluding hydrogens is 172 g/mol. The zero-order chi connectivity index (χ0) is 9.97. The zero-order valence-corrected chi connectivity index (χ0v) is 9.12. The fourth-order valence-corrected chi connectivity index (χ4v) is 3.36. The van der Waals surface area contributed by atoms with Crippen LogP contribution in [0.1, 0.15) is 51.4 Å². The molecule has 0 aromatic heterocycles. The van der Waals surface area contributed by atoms with Gasteiger partial charge >= 0.3 is 0 Å². The second-order valence-corrected chi connectivity index (χ2v) is 5.23. The molecule has 0 amide bonds. The average Bonchev–Trinajstić information content (AvgIpc) is 2.70. The lowest BCUT2D eigenvalue weighted by Gasteiger charge is -2.36. The Morgan fingerprint density at radius 3 is 2.07 bits per heavy atom. The molecule has 2 aliphatic rings. The normalized spacial score (nSPS) is 37.3. The van der Waals surface area contributed by atoms with E-state index >= 15 is 0 Å². The summed E-state index contributed by atoms with van der Waals surface area (Å²) in [6, 6.07) is 0.784. The van der Waals surface area contributed by atoms with Crippen LogP contribution in [0.25, 0.3) is 0 Å². The van der Waals surface area contributed by atoms with Crippen LogP contribution in [-0.2, 0) is 0 Å². The van der Waals surface area contributed by atoms with Gasteiger partial charge in [0.05, 0.1) is 0 Å². The summed E-state index contributed by atoms with van der Waals surface area (Å²) in [5.74, 6) is 1.40. The van der Waals surface area contributed by atoms with Crippen molar-refractivity contribution < 1.29 is 0 Å². The first-order valence-electron chi connectivity index (χ1n) is 6.30. The van der Waals surface area contributed by atoms with E-state index in [9.17, 15) is 0 Å². The molecule has 3 atom stereocenters. The maximum Gasteiger partial charge on any atom is 0.0110 e. The van der Waals surface area contributed by atoms with Crippen molar-refractivity contribution >= 4 is 0 Å². The molecule has 2 rings (SSSR count). The topological polar surface area (TPSA) is 52.0 Å². The summed E-state index contributed by atoms with van der Waals surface area (Å²) in [5.41, 5.74) is 12.5. The smallest absolute Gasteiger partial charge is 0.0110 e. The molecule has 0 aromatic carbocycles. The van der Waals surface area contributed by atoms with Crippen molar-refractivity contribution in [3.63, 3.8) is 0 Å². The summed E-state index contributed by atoms with van der Waals surface area (Å²) < 4.78 is 0. The number of nitrogens with two attached hydrogens (primary N) is 2. The van der Waals surface area contributed by atoms with E-state index in [1.807, 2.05) is 0 Å². The first-order valence-corrected chi connectivity index (χ1v) is 6.30. The molecule has 0 bridgehead atoms. The number of rotatable bonds is 2. The van der Waals surface area contributed by atoms with Gasteiger partial charge < -0.3 is 11.5 Å². The zero-order valence-electron chi connectivity index (χ0n) is 9.12. The first-order chi connectivity index (χ1) is 6.79. The van der Waals surface area contributed by atoms with Crippen LogP contribution in [0.4, 0.5) is 0 Å². The molecule has 0 saturated heterocycles. The van der Waals surface area contributed by atoms with E-state index < -0.39 is 0 Å².